The van der Waals surface area contributed by atoms with Crippen LogP contribution in [0.1, 0.15) is 72.6 Å². The van der Waals surface area contributed by atoms with E-state index < -0.39 is 0 Å². The predicted octanol–water partition coefficient (Wildman–Crippen LogP) is 4.80. The zero-order valence-corrected chi connectivity index (χ0v) is 13.2. The van der Waals surface area contributed by atoms with E-state index in [1.807, 2.05) is 0 Å². The highest BCUT2D eigenvalue weighted by Gasteiger charge is 2.73. The lowest BCUT2D eigenvalue weighted by atomic mass is 9.44. The molecule has 4 rings (SSSR count). The second kappa shape index (κ2) is 3.40. The highest BCUT2D eigenvalue weighted by atomic mass is 16.5. The first-order valence-electron chi connectivity index (χ1n) is 8.48. The highest BCUT2D eigenvalue weighted by Crippen LogP contribution is 2.78. The van der Waals surface area contributed by atoms with Gasteiger partial charge in [0.2, 0.25) is 0 Å². The van der Waals surface area contributed by atoms with Crippen LogP contribution in [0.3, 0.4) is 0 Å². The van der Waals surface area contributed by atoms with Crippen LogP contribution in [0.5, 0.6) is 0 Å². The predicted molar refractivity (Wildman–Crippen MR) is 78.0 cm³/mol. The summed E-state index contributed by atoms with van der Waals surface area (Å²) >= 11 is 0. The summed E-state index contributed by atoms with van der Waals surface area (Å²) in [7, 11) is 0. The van der Waals surface area contributed by atoms with E-state index in [1.54, 1.807) is 0 Å². The molecule has 0 N–H and O–H groups in total. The molecule has 4 unspecified atom stereocenters. The van der Waals surface area contributed by atoms with Crippen LogP contribution in [0.15, 0.2) is 0 Å². The molecule has 1 heteroatoms. The highest BCUT2D eigenvalue weighted by molar-refractivity contribution is 5.22. The number of hydrogen-bond donors (Lipinski definition) is 0. The summed E-state index contributed by atoms with van der Waals surface area (Å²) in [5.74, 6) is 1.77. The maximum Gasteiger partial charge on any atom is 0.0722 e. The molecule has 2 bridgehead atoms. The SMILES string of the molecule is CC1(C)C2CCC3(C2)C1C1(CCCO1)CCC3(C)C. The van der Waals surface area contributed by atoms with E-state index in [2.05, 4.69) is 27.7 Å². The Balaban J connectivity index is 1.87. The van der Waals surface area contributed by atoms with E-state index >= 15 is 0 Å². The smallest absolute Gasteiger partial charge is 0.0722 e. The molecular weight excluding hydrogens is 232 g/mol. The minimum absolute atomic E-state index is 0.258. The zero-order valence-electron chi connectivity index (χ0n) is 13.2. The molecule has 1 aliphatic heterocycles. The molecule has 4 atom stereocenters. The fraction of sp³-hybridized carbons (Fsp3) is 1.00. The van der Waals surface area contributed by atoms with Gasteiger partial charge in [-0.1, -0.05) is 27.7 Å². The molecule has 1 nitrogen and oxygen atoms in total. The van der Waals surface area contributed by atoms with Gasteiger partial charge in [0.1, 0.15) is 0 Å². The molecule has 0 amide bonds. The van der Waals surface area contributed by atoms with Crippen molar-refractivity contribution in [2.24, 2.45) is 28.1 Å². The van der Waals surface area contributed by atoms with Crippen molar-refractivity contribution < 1.29 is 4.74 Å². The molecule has 1 heterocycles. The van der Waals surface area contributed by atoms with Crippen LogP contribution in [0.4, 0.5) is 0 Å². The van der Waals surface area contributed by atoms with Crippen molar-refractivity contribution in [2.75, 3.05) is 6.61 Å². The van der Waals surface area contributed by atoms with Crippen LogP contribution in [0, 0.1) is 28.1 Å². The fourth-order valence-electron chi connectivity index (χ4n) is 7.17. The minimum Gasteiger partial charge on any atom is -0.375 e. The average Bonchev–Trinajstić information content (AvgIpc) is 2.98. The average molecular weight is 262 g/mol. The van der Waals surface area contributed by atoms with Gasteiger partial charge in [-0.25, -0.2) is 0 Å². The van der Waals surface area contributed by atoms with Gasteiger partial charge in [0.05, 0.1) is 5.60 Å². The maximum atomic E-state index is 6.47. The van der Waals surface area contributed by atoms with Gasteiger partial charge in [-0.15, -0.1) is 0 Å². The Bertz CT molecular complexity index is 402. The third kappa shape index (κ3) is 1.27. The van der Waals surface area contributed by atoms with Crippen LogP contribution >= 0.6 is 0 Å². The van der Waals surface area contributed by atoms with Crippen LogP contribution in [-0.4, -0.2) is 12.2 Å². The van der Waals surface area contributed by atoms with Crippen LogP contribution in [0.25, 0.3) is 0 Å². The van der Waals surface area contributed by atoms with E-state index in [0.29, 0.717) is 16.2 Å². The molecule has 0 aromatic heterocycles. The second-order valence-corrected chi connectivity index (χ2v) is 9.25. The third-order valence-corrected chi connectivity index (χ3v) is 8.08. The third-order valence-electron chi connectivity index (χ3n) is 8.08. The summed E-state index contributed by atoms with van der Waals surface area (Å²) in [5.41, 5.74) is 1.87. The summed E-state index contributed by atoms with van der Waals surface area (Å²) in [6.07, 6.45) is 9.78. The lowest BCUT2D eigenvalue weighted by Gasteiger charge is -2.62. The molecule has 2 spiro atoms. The molecule has 3 saturated carbocycles. The molecule has 3 aliphatic carbocycles. The topological polar surface area (TPSA) is 9.23 Å². The number of ether oxygens (including phenoxy) is 1. The summed E-state index contributed by atoms with van der Waals surface area (Å²) in [6, 6.07) is 0. The fourth-order valence-corrected chi connectivity index (χ4v) is 7.17. The van der Waals surface area contributed by atoms with Gasteiger partial charge >= 0.3 is 0 Å². The molecule has 108 valence electrons. The molecule has 1 saturated heterocycles. The maximum absolute atomic E-state index is 6.47. The molecule has 19 heavy (non-hydrogen) atoms. The van der Waals surface area contributed by atoms with Gasteiger partial charge in [-0.2, -0.15) is 0 Å². The van der Waals surface area contributed by atoms with E-state index in [1.165, 1.54) is 44.9 Å². The van der Waals surface area contributed by atoms with E-state index in [-0.39, 0.29) is 5.60 Å². The van der Waals surface area contributed by atoms with Gasteiger partial charge < -0.3 is 4.74 Å². The lowest BCUT2D eigenvalue weighted by molar-refractivity contribution is -0.197. The van der Waals surface area contributed by atoms with Crippen molar-refractivity contribution in [3.8, 4) is 0 Å². The summed E-state index contributed by atoms with van der Waals surface area (Å²) < 4.78 is 6.47. The lowest BCUT2D eigenvalue weighted by Crippen LogP contribution is -2.60. The molecule has 4 fully saturated rings. The van der Waals surface area contributed by atoms with Gasteiger partial charge in [0, 0.05) is 6.61 Å². The number of rotatable bonds is 0. The van der Waals surface area contributed by atoms with E-state index in [0.717, 1.165) is 18.4 Å². The van der Waals surface area contributed by atoms with Gasteiger partial charge in [-0.3, -0.25) is 0 Å². The molecule has 4 aliphatic rings. The van der Waals surface area contributed by atoms with Crippen molar-refractivity contribution >= 4 is 0 Å². The normalized spacial score (nSPS) is 53.7. The first-order chi connectivity index (χ1) is 8.84. The van der Waals surface area contributed by atoms with Crippen molar-refractivity contribution in [3.05, 3.63) is 0 Å². The zero-order chi connectivity index (χ0) is 13.5. The Morgan fingerprint density at radius 2 is 1.74 bits per heavy atom. The van der Waals surface area contributed by atoms with Crippen LogP contribution < -0.4 is 0 Å². The minimum atomic E-state index is 0.258. The quantitative estimate of drug-likeness (QED) is 0.609. The Hall–Kier alpha value is -0.0400. The summed E-state index contributed by atoms with van der Waals surface area (Å²) in [5, 5.41) is 0. The molecule has 0 radical (unpaired) electrons. The monoisotopic (exact) mass is 262 g/mol. The first-order valence-corrected chi connectivity index (χ1v) is 8.48. The largest absolute Gasteiger partial charge is 0.375 e. The van der Waals surface area contributed by atoms with Gasteiger partial charge in [-0.05, 0) is 73.0 Å². The molecule has 0 aromatic rings. The van der Waals surface area contributed by atoms with Crippen molar-refractivity contribution in [1.82, 2.24) is 0 Å². The van der Waals surface area contributed by atoms with Gasteiger partial charge in [0.15, 0.2) is 0 Å². The number of fused-ring (bicyclic) bond motifs is 2. The number of hydrogen-bond acceptors (Lipinski definition) is 1. The first kappa shape index (κ1) is 12.7. The van der Waals surface area contributed by atoms with Crippen LogP contribution in [0.2, 0.25) is 0 Å². The Morgan fingerprint density at radius 1 is 0.947 bits per heavy atom. The molecule has 0 aromatic carbocycles. The summed E-state index contributed by atoms with van der Waals surface area (Å²) in [4.78, 5) is 0. The van der Waals surface area contributed by atoms with Crippen molar-refractivity contribution in [1.29, 1.82) is 0 Å². The van der Waals surface area contributed by atoms with Gasteiger partial charge in [0.25, 0.3) is 0 Å². The van der Waals surface area contributed by atoms with E-state index in [4.69, 9.17) is 4.74 Å². The Morgan fingerprint density at radius 3 is 2.42 bits per heavy atom. The standard InChI is InChI=1S/C18H30O/c1-15(2)9-10-18(7-5-11-19-18)14-16(3,4)13-6-8-17(14,15)12-13/h13-14H,5-12H2,1-4H3. The van der Waals surface area contributed by atoms with Crippen molar-refractivity contribution in [2.45, 2.75) is 78.2 Å². The Kier molecular flexibility index (Phi) is 2.27. The second-order valence-electron chi connectivity index (χ2n) is 9.25. The van der Waals surface area contributed by atoms with Crippen molar-refractivity contribution in [3.63, 3.8) is 0 Å². The Labute approximate surface area is 118 Å². The summed E-state index contributed by atoms with van der Waals surface area (Å²) in [6.45, 7) is 11.3. The molecular formula is C18H30O. The van der Waals surface area contributed by atoms with Crippen LogP contribution in [-0.2, 0) is 4.74 Å². The van der Waals surface area contributed by atoms with E-state index in [9.17, 15) is 0 Å².